The molecule has 0 radical (unpaired) electrons. The van der Waals surface area contributed by atoms with Gasteiger partial charge in [-0.05, 0) is 73.7 Å². The molecule has 0 fully saturated rings. The van der Waals surface area contributed by atoms with Crippen LogP contribution in [0.2, 0.25) is 0 Å². The first-order valence-corrected chi connectivity index (χ1v) is 10.9. The van der Waals surface area contributed by atoms with Gasteiger partial charge in [0.2, 0.25) is 0 Å². The average Bonchev–Trinajstić information content (AvgIpc) is 2.90. The lowest BCUT2D eigenvalue weighted by atomic mass is 10.1. The zero-order chi connectivity index (χ0) is 23.3. The van der Waals surface area contributed by atoms with Crippen LogP contribution in [-0.4, -0.2) is 32.4 Å². The van der Waals surface area contributed by atoms with E-state index in [1.54, 1.807) is 30.6 Å². The Kier molecular flexibility index (Phi) is 5.90. The van der Waals surface area contributed by atoms with Crippen LogP contribution in [0.1, 0.15) is 17.3 Å². The van der Waals surface area contributed by atoms with Crippen molar-refractivity contribution in [2.45, 2.75) is 6.92 Å². The maximum absolute atomic E-state index is 12.9. The Morgan fingerprint density at radius 1 is 0.794 bits per heavy atom. The summed E-state index contributed by atoms with van der Waals surface area (Å²) in [5, 5.41) is 2.91. The molecule has 7 heteroatoms. The summed E-state index contributed by atoms with van der Waals surface area (Å²) in [6.45, 7) is 2.52. The third kappa shape index (κ3) is 4.45. The van der Waals surface area contributed by atoms with Crippen molar-refractivity contribution in [2.24, 2.45) is 0 Å². The number of ether oxygens (including phenoxy) is 1. The van der Waals surface area contributed by atoms with Crippen LogP contribution in [0.5, 0.6) is 5.75 Å². The summed E-state index contributed by atoms with van der Waals surface area (Å²) in [5.74, 6) is 0.522. The van der Waals surface area contributed by atoms with Gasteiger partial charge in [-0.15, -0.1) is 0 Å². The molecule has 0 unspecified atom stereocenters. The molecule has 1 N–H and O–H groups in total. The van der Waals surface area contributed by atoms with E-state index in [1.165, 1.54) is 0 Å². The Balaban J connectivity index is 1.52. The number of hydrogen-bond donors (Lipinski definition) is 1. The van der Waals surface area contributed by atoms with Gasteiger partial charge < -0.3 is 10.1 Å². The molecular formula is C27H21N5O2. The maximum Gasteiger partial charge on any atom is 0.255 e. The van der Waals surface area contributed by atoms with Gasteiger partial charge in [-0.25, -0.2) is 9.97 Å². The maximum atomic E-state index is 12.9. The van der Waals surface area contributed by atoms with Gasteiger partial charge in [0, 0.05) is 23.6 Å². The predicted molar refractivity (Wildman–Crippen MR) is 132 cm³/mol. The van der Waals surface area contributed by atoms with Crippen LogP contribution in [0.4, 0.5) is 5.69 Å². The van der Waals surface area contributed by atoms with Gasteiger partial charge in [0.15, 0.2) is 0 Å². The normalized spacial score (nSPS) is 10.7. The minimum Gasteiger partial charge on any atom is -0.494 e. The lowest BCUT2D eigenvalue weighted by Crippen LogP contribution is -2.12. The highest BCUT2D eigenvalue weighted by atomic mass is 16.5. The molecular weight excluding hydrogens is 426 g/mol. The van der Waals surface area contributed by atoms with E-state index >= 15 is 0 Å². The highest BCUT2D eigenvalue weighted by Gasteiger charge is 2.16. The van der Waals surface area contributed by atoms with Crippen LogP contribution in [0.3, 0.4) is 0 Å². The minimum atomic E-state index is -0.235. The van der Waals surface area contributed by atoms with E-state index < -0.39 is 0 Å². The van der Waals surface area contributed by atoms with Gasteiger partial charge in [-0.2, -0.15) is 0 Å². The number of pyridine rings is 2. The standard InChI is InChI=1S/C27H21N5O2/c1-2-34-20-12-10-19(11-13-20)30-27(33)18-9-14-21-24(17-18)32-26(23-8-4-6-16-29-23)25(31-21)22-7-3-5-15-28-22/h3-17H,2H2,1H3,(H,30,33). The Labute approximate surface area is 196 Å². The molecule has 0 atom stereocenters. The minimum absolute atomic E-state index is 0.235. The number of nitrogens with zero attached hydrogens (tertiary/aromatic N) is 4. The number of fused-ring (bicyclic) bond motifs is 1. The average molecular weight is 447 g/mol. The van der Waals surface area contributed by atoms with Gasteiger partial charge in [0.25, 0.3) is 5.91 Å². The molecule has 0 saturated carbocycles. The van der Waals surface area contributed by atoms with Crippen LogP contribution in [-0.2, 0) is 0 Å². The number of amides is 1. The Bertz CT molecular complexity index is 1440. The molecule has 0 aliphatic heterocycles. The number of rotatable bonds is 6. The second kappa shape index (κ2) is 9.46. The van der Waals surface area contributed by atoms with E-state index in [-0.39, 0.29) is 5.91 Å². The molecule has 0 aliphatic carbocycles. The molecule has 3 heterocycles. The molecule has 0 bridgehead atoms. The van der Waals surface area contributed by atoms with E-state index in [1.807, 2.05) is 67.6 Å². The van der Waals surface area contributed by atoms with Crippen LogP contribution >= 0.6 is 0 Å². The summed E-state index contributed by atoms with van der Waals surface area (Å²) in [7, 11) is 0. The van der Waals surface area contributed by atoms with Gasteiger partial charge >= 0.3 is 0 Å². The first-order chi connectivity index (χ1) is 16.7. The quantitative estimate of drug-likeness (QED) is 0.375. The van der Waals surface area contributed by atoms with Crippen molar-refractivity contribution in [3.63, 3.8) is 0 Å². The second-order valence-corrected chi connectivity index (χ2v) is 7.47. The summed E-state index contributed by atoms with van der Waals surface area (Å²) in [6.07, 6.45) is 3.43. The van der Waals surface area contributed by atoms with E-state index in [0.717, 1.165) is 5.75 Å². The van der Waals surface area contributed by atoms with Crippen molar-refractivity contribution in [1.82, 2.24) is 19.9 Å². The Hall–Kier alpha value is -4.65. The van der Waals surface area contributed by atoms with Crippen LogP contribution in [0.15, 0.2) is 91.3 Å². The zero-order valence-corrected chi connectivity index (χ0v) is 18.5. The third-order valence-corrected chi connectivity index (χ3v) is 5.16. The van der Waals surface area contributed by atoms with Crippen molar-refractivity contribution in [1.29, 1.82) is 0 Å². The topological polar surface area (TPSA) is 89.9 Å². The summed E-state index contributed by atoms with van der Waals surface area (Å²) in [5.41, 5.74) is 5.05. The van der Waals surface area contributed by atoms with Crippen molar-refractivity contribution in [3.05, 3.63) is 96.8 Å². The fraction of sp³-hybridized carbons (Fsp3) is 0.0741. The zero-order valence-electron chi connectivity index (χ0n) is 18.5. The van der Waals surface area contributed by atoms with Crippen LogP contribution < -0.4 is 10.1 Å². The lowest BCUT2D eigenvalue weighted by molar-refractivity contribution is 0.102. The van der Waals surface area contributed by atoms with Crippen LogP contribution in [0, 0.1) is 0 Å². The monoisotopic (exact) mass is 447 g/mol. The summed E-state index contributed by atoms with van der Waals surface area (Å²) >= 11 is 0. The largest absolute Gasteiger partial charge is 0.494 e. The summed E-state index contributed by atoms with van der Waals surface area (Å²) < 4.78 is 5.45. The van der Waals surface area contributed by atoms with Gasteiger partial charge in [0.1, 0.15) is 17.1 Å². The van der Waals surface area contributed by atoms with E-state index in [9.17, 15) is 4.79 Å². The number of anilines is 1. The Morgan fingerprint density at radius 3 is 2.03 bits per heavy atom. The van der Waals surface area contributed by atoms with Crippen molar-refractivity contribution < 1.29 is 9.53 Å². The van der Waals surface area contributed by atoms with E-state index in [4.69, 9.17) is 14.7 Å². The van der Waals surface area contributed by atoms with Gasteiger partial charge in [-0.1, -0.05) is 12.1 Å². The molecule has 3 aromatic heterocycles. The molecule has 34 heavy (non-hydrogen) atoms. The van der Waals surface area contributed by atoms with Crippen molar-refractivity contribution in [2.75, 3.05) is 11.9 Å². The van der Waals surface area contributed by atoms with Gasteiger partial charge in [0.05, 0.1) is 29.0 Å². The van der Waals surface area contributed by atoms with E-state index in [0.29, 0.717) is 51.7 Å². The predicted octanol–water partition coefficient (Wildman–Crippen LogP) is 5.40. The number of carbonyl (C=O) groups excluding carboxylic acids is 1. The summed E-state index contributed by atoms with van der Waals surface area (Å²) in [6, 6.07) is 23.8. The molecule has 5 aromatic rings. The fourth-order valence-electron chi connectivity index (χ4n) is 3.56. The first-order valence-electron chi connectivity index (χ1n) is 10.9. The molecule has 0 saturated heterocycles. The third-order valence-electron chi connectivity index (χ3n) is 5.16. The lowest BCUT2D eigenvalue weighted by Gasteiger charge is -2.11. The number of benzene rings is 2. The number of nitrogens with one attached hydrogen (secondary N) is 1. The van der Waals surface area contributed by atoms with Crippen molar-refractivity contribution >= 4 is 22.6 Å². The van der Waals surface area contributed by atoms with Crippen LogP contribution in [0.25, 0.3) is 33.8 Å². The summed E-state index contributed by atoms with van der Waals surface area (Å²) in [4.78, 5) is 31.5. The number of carbonyl (C=O) groups is 1. The molecule has 0 spiro atoms. The highest BCUT2D eigenvalue weighted by Crippen LogP contribution is 2.29. The molecule has 7 nitrogen and oxygen atoms in total. The molecule has 1 amide bonds. The molecule has 0 aliphatic rings. The SMILES string of the molecule is CCOc1ccc(NC(=O)c2ccc3nc(-c4ccccn4)c(-c4ccccn4)nc3c2)cc1. The van der Waals surface area contributed by atoms with E-state index in [2.05, 4.69) is 15.3 Å². The second-order valence-electron chi connectivity index (χ2n) is 7.47. The first kappa shape index (κ1) is 21.2. The van der Waals surface area contributed by atoms with Gasteiger partial charge in [-0.3, -0.25) is 14.8 Å². The Morgan fingerprint density at radius 2 is 1.44 bits per heavy atom. The molecule has 5 rings (SSSR count). The molecule has 166 valence electrons. The highest BCUT2D eigenvalue weighted by molar-refractivity contribution is 6.06. The molecule has 2 aromatic carbocycles. The fourth-order valence-corrected chi connectivity index (χ4v) is 3.56. The number of aromatic nitrogens is 4. The number of hydrogen-bond acceptors (Lipinski definition) is 6. The van der Waals surface area contributed by atoms with Crippen molar-refractivity contribution in [3.8, 4) is 28.5 Å². The smallest absolute Gasteiger partial charge is 0.255 e.